The molecule has 290 valence electrons. The summed E-state index contributed by atoms with van der Waals surface area (Å²) in [5, 5.41) is 0.670. The zero-order chi connectivity index (χ0) is 39.8. The van der Waals surface area contributed by atoms with Crippen LogP contribution in [0.3, 0.4) is 0 Å². The number of hydrogen-bond acceptors (Lipinski definition) is 10. The number of thiazole rings is 2. The summed E-state index contributed by atoms with van der Waals surface area (Å²) in [6.07, 6.45) is 11.3. The van der Waals surface area contributed by atoms with Crippen LogP contribution in [0.1, 0.15) is 127 Å². The van der Waals surface area contributed by atoms with Crippen molar-refractivity contribution in [1.29, 1.82) is 0 Å². The molecule has 11 rings (SSSR count). The Bertz CT molecular complexity index is 2560. The summed E-state index contributed by atoms with van der Waals surface area (Å²) < 4.78 is 70.0. The Morgan fingerprint density at radius 1 is 0.483 bits per heavy atom. The van der Waals surface area contributed by atoms with Gasteiger partial charge in [0.2, 0.25) is 11.8 Å². The van der Waals surface area contributed by atoms with E-state index in [1.165, 1.54) is 34.8 Å². The van der Waals surface area contributed by atoms with Crippen LogP contribution in [0.15, 0.2) is 47.5 Å². The molecule has 2 saturated carbocycles. The summed E-state index contributed by atoms with van der Waals surface area (Å²) in [5.74, 6) is -6.89. The lowest BCUT2D eigenvalue weighted by Crippen LogP contribution is -2.40. The van der Waals surface area contributed by atoms with E-state index in [1.54, 1.807) is 0 Å². The van der Waals surface area contributed by atoms with Crippen LogP contribution in [0.2, 0.25) is 0 Å². The van der Waals surface area contributed by atoms with Crippen molar-refractivity contribution in [3.05, 3.63) is 114 Å². The molecule has 5 aromatic rings. The first-order valence-electron chi connectivity index (χ1n) is 19.1. The molecule has 0 unspecified atom stereocenters. The Morgan fingerprint density at radius 2 is 0.810 bits per heavy atom. The molecule has 2 spiro atoms. The predicted octanol–water partition coefficient (Wildman–Crippen LogP) is 10.5. The molecule has 2 fully saturated rings. The number of benzene rings is 3. The Hall–Kier alpha value is -5.60. The largest absolute Gasteiger partial charge is 0.465 e. The highest BCUT2D eigenvalue weighted by molar-refractivity contribution is 7.17. The number of rotatable bonds is 2. The van der Waals surface area contributed by atoms with Gasteiger partial charge in [0, 0.05) is 44.5 Å². The molecule has 58 heavy (non-hydrogen) atoms. The van der Waals surface area contributed by atoms with Gasteiger partial charge in [0.25, 0.3) is 0 Å². The van der Waals surface area contributed by atoms with Crippen molar-refractivity contribution in [2.45, 2.75) is 75.4 Å². The minimum absolute atomic E-state index is 0.192. The number of fused-ring (bicyclic) bond motifs is 10. The monoisotopic (exact) mass is 820 g/mol. The van der Waals surface area contributed by atoms with E-state index in [4.69, 9.17) is 19.4 Å². The molecule has 0 bridgehead atoms. The van der Waals surface area contributed by atoms with Crippen LogP contribution in [-0.2, 0) is 11.2 Å². The number of ketones is 4. The van der Waals surface area contributed by atoms with Crippen LogP contribution < -0.4 is 9.47 Å². The summed E-state index contributed by atoms with van der Waals surface area (Å²) in [7, 11) is 0. The van der Waals surface area contributed by atoms with E-state index < -0.39 is 57.6 Å². The summed E-state index contributed by atoms with van der Waals surface area (Å²) in [4.78, 5) is 64.2. The molecule has 14 heteroatoms. The molecule has 2 aromatic heterocycles. The van der Waals surface area contributed by atoms with Crippen LogP contribution in [0, 0.1) is 23.3 Å². The molecule has 0 radical (unpaired) electrons. The Labute approximate surface area is 335 Å². The molecule has 3 aromatic carbocycles. The number of hydrogen-bond donors (Lipinski definition) is 0. The first-order chi connectivity index (χ1) is 27.9. The number of carbonyl (C=O) groups excluding carboxylic acids is 4. The normalized spacial score (nSPS) is 19.3. The number of ether oxygens (including phenoxy) is 2. The lowest BCUT2D eigenvalue weighted by atomic mass is 9.71. The summed E-state index contributed by atoms with van der Waals surface area (Å²) in [5.41, 5.74) is 1.04. The second kappa shape index (κ2) is 12.5. The lowest BCUT2D eigenvalue weighted by molar-refractivity contribution is 0.0162. The standard InChI is InChI=1S/C44H28F4N2O6S2/c45-29-13-19-20(14-30(29)46)36(52)25(35(19)51)17-33-49-41-39(57-33)23-12-28-24(11-27(23)43(55-41)7-3-1-4-8-43)40-42(56-44(28)9-5-2-6-10-44)50-34(58-40)18-26-37(53)21-15-31(47)32(48)16-22(21)38(26)54/h11-18H,1-10H2. The number of nitrogens with zero attached hydrogens (tertiary/aromatic N) is 2. The Balaban J connectivity index is 1.05. The third-order valence-electron chi connectivity index (χ3n) is 12.4. The van der Waals surface area contributed by atoms with Gasteiger partial charge in [-0.2, -0.15) is 0 Å². The first kappa shape index (κ1) is 35.6. The zero-order valence-electron chi connectivity index (χ0n) is 30.4. The second-order valence-electron chi connectivity index (χ2n) is 15.7. The van der Waals surface area contributed by atoms with Gasteiger partial charge in [-0.3, -0.25) is 19.2 Å². The van der Waals surface area contributed by atoms with Gasteiger partial charge in [-0.1, -0.05) is 12.8 Å². The third kappa shape index (κ3) is 5.03. The molecular formula is C44H28F4N2O6S2. The molecule has 0 amide bonds. The quantitative estimate of drug-likeness (QED) is 0.0983. The van der Waals surface area contributed by atoms with Gasteiger partial charge in [-0.05, 0) is 99.9 Å². The Kier molecular flexibility index (Phi) is 7.63. The minimum atomic E-state index is -1.21. The lowest BCUT2D eigenvalue weighted by Gasteiger charge is -2.45. The highest BCUT2D eigenvalue weighted by Gasteiger charge is 2.49. The molecule has 0 saturated heterocycles. The molecule has 4 heterocycles. The van der Waals surface area contributed by atoms with Crippen LogP contribution >= 0.6 is 22.7 Å². The van der Waals surface area contributed by atoms with Crippen molar-refractivity contribution in [3.8, 4) is 32.6 Å². The van der Waals surface area contributed by atoms with E-state index in [1.807, 2.05) is 0 Å². The fourth-order valence-electron chi connectivity index (χ4n) is 9.58. The van der Waals surface area contributed by atoms with Gasteiger partial charge >= 0.3 is 0 Å². The average molecular weight is 821 g/mol. The fraction of sp³-hybridized carbons (Fsp3) is 0.273. The van der Waals surface area contributed by atoms with Gasteiger partial charge in [-0.25, -0.2) is 27.5 Å². The fourth-order valence-corrected chi connectivity index (χ4v) is 11.5. The topological polar surface area (TPSA) is 113 Å². The zero-order valence-corrected chi connectivity index (χ0v) is 32.0. The van der Waals surface area contributed by atoms with Gasteiger partial charge in [0.15, 0.2) is 46.4 Å². The maximum atomic E-state index is 14.1. The first-order valence-corrected chi connectivity index (χ1v) is 20.8. The number of carbonyl (C=O) groups is 4. The maximum absolute atomic E-state index is 14.1. The minimum Gasteiger partial charge on any atom is -0.465 e. The summed E-state index contributed by atoms with van der Waals surface area (Å²) in [6, 6.07) is 7.32. The number of halogens is 4. The van der Waals surface area contributed by atoms with E-state index in [-0.39, 0.29) is 33.4 Å². The molecule has 6 aliphatic rings. The maximum Gasteiger partial charge on any atom is 0.234 e. The molecular weight excluding hydrogens is 793 g/mol. The van der Waals surface area contributed by atoms with Crippen molar-refractivity contribution in [3.63, 3.8) is 0 Å². The smallest absolute Gasteiger partial charge is 0.234 e. The van der Waals surface area contributed by atoms with Crippen molar-refractivity contribution < 1.29 is 46.2 Å². The molecule has 4 aliphatic carbocycles. The van der Waals surface area contributed by atoms with Gasteiger partial charge in [0.1, 0.15) is 21.2 Å². The number of aromatic nitrogens is 2. The van der Waals surface area contributed by atoms with E-state index in [0.29, 0.717) is 31.5 Å². The highest BCUT2D eigenvalue weighted by Crippen LogP contribution is 2.59. The predicted molar refractivity (Wildman–Crippen MR) is 205 cm³/mol. The van der Waals surface area contributed by atoms with E-state index >= 15 is 0 Å². The van der Waals surface area contributed by atoms with Gasteiger partial charge < -0.3 is 9.47 Å². The highest BCUT2D eigenvalue weighted by atomic mass is 32.1. The molecule has 0 N–H and O–H groups in total. The second-order valence-corrected chi connectivity index (χ2v) is 17.7. The molecule has 8 nitrogen and oxygen atoms in total. The van der Waals surface area contributed by atoms with Crippen LogP contribution in [0.5, 0.6) is 11.8 Å². The number of Topliss-reactive ketones (excluding diaryl/α,β-unsaturated/α-hetero) is 4. The van der Waals surface area contributed by atoms with E-state index in [2.05, 4.69) is 12.1 Å². The van der Waals surface area contributed by atoms with Crippen molar-refractivity contribution in [2.24, 2.45) is 0 Å². The van der Waals surface area contributed by atoms with Crippen molar-refractivity contribution >= 4 is 58.0 Å². The van der Waals surface area contributed by atoms with Gasteiger partial charge in [0.05, 0.1) is 20.9 Å². The van der Waals surface area contributed by atoms with Crippen molar-refractivity contribution in [1.82, 2.24) is 9.97 Å². The molecule has 2 aliphatic heterocycles. The summed E-state index contributed by atoms with van der Waals surface area (Å²) in [6.45, 7) is 0. The average Bonchev–Trinajstić information content (AvgIpc) is 3.93. The van der Waals surface area contributed by atoms with E-state index in [0.717, 1.165) is 111 Å². The van der Waals surface area contributed by atoms with Crippen LogP contribution in [0.4, 0.5) is 17.6 Å². The third-order valence-corrected chi connectivity index (χ3v) is 14.4. The van der Waals surface area contributed by atoms with Crippen LogP contribution in [-0.4, -0.2) is 33.1 Å². The van der Waals surface area contributed by atoms with E-state index in [9.17, 15) is 36.7 Å². The van der Waals surface area contributed by atoms with Crippen molar-refractivity contribution in [2.75, 3.05) is 0 Å². The SMILES string of the molecule is O=C1C(=Cc2nc3c(s2)-c2cc4c(cc2C2(CCCCC2)O3)-c2sc(C=C3C(=O)c5cc(F)c(F)cc5C3=O)nc2OC42CCCCC2)C(=O)c2cc(F)c(F)cc21. The van der Waals surface area contributed by atoms with Crippen LogP contribution in [0.25, 0.3) is 33.0 Å². The molecule has 0 atom stereocenters. The van der Waals surface area contributed by atoms with Gasteiger partial charge in [-0.15, -0.1) is 22.7 Å². The Morgan fingerprint density at radius 3 is 1.14 bits per heavy atom. The summed E-state index contributed by atoms with van der Waals surface area (Å²) >= 11 is 2.51. The number of allylic oxidation sites excluding steroid dienone is 2.